The van der Waals surface area contributed by atoms with Crippen molar-refractivity contribution in [3.8, 4) is 6.07 Å². The molecule has 1 saturated heterocycles. The van der Waals surface area contributed by atoms with Gasteiger partial charge < -0.3 is 4.42 Å². The molecule has 2 heterocycles. The smallest absolute Gasteiger partial charge is 0.117 e. The van der Waals surface area contributed by atoms with Crippen LogP contribution in [-0.4, -0.2) is 41.5 Å². The van der Waals surface area contributed by atoms with Gasteiger partial charge in [-0.05, 0) is 33.0 Å². The van der Waals surface area contributed by atoms with Crippen LogP contribution in [0.2, 0.25) is 0 Å². The van der Waals surface area contributed by atoms with Crippen LogP contribution in [0.25, 0.3) is 0 Å². The SMILES string of the molecule is CN1CC(CC#N)N(Cc2ccco2)CC1(C)C. The molecule has 18 heavy (non-hydrogen) atoms. The van der Waals surface area contributed by atoms with Gasteiger partial charge in [0, 0.05) is 24.7 Å². The number of rotatable bonds is 3. The van der Waals surface area contributed by atoms with Gasteiger partial charge in [0.2, 0.25) is 0 Å². The van der Waals surface area contributed by atoms with Gasteiger partial charge in [-0.2, -0.15) is 5.26 Å². The van der Waals surface area contributed by atoms with Gasteiger partial charge in [-0.25, -0.2) is 0 Å². The molecule has 4 nitrogen and oxygen atoms in total. The molecule has 0 aromatic carbocycles. The highest BCUT2D eigenvalue weighted by molar-refractivity contribution is 5.02. The minimum atomic E-state index is 0.137. The molecule has 0 aliphatic carbocycles. The third-order valence-corrected chi connectivity index (χ3v) is 3.89. The standard InChI is InChI=1S/C14H21N3O/c1-14(2)11-17(10-13-5-4-8-18-13)12(6-7-15)9-16(14)3/h4-5,8,12H,6,9-11H2,1-3H3. The molecule has 0 N–H and O–H groups in total. The highest BCUT2D eigenvalue weighted by atomic mass is 16.3. The highest BCUT2D eigenvalue weighted by Gasteiger charge is 2.36. The fourth-order valence-electron chi connectivity index (χ4n) is 2.51. The molecule has 1 fully saturated rings. The van der Waals surface area contributed by atoms with E-state index in [0.717, 1.165) is 25.4 Å². The fourth-order valence-corrected chi connectivity index (χ4v) is 2.51. The lowest BCUT2D eigenvalue weighted by Gasteiger charge is -2.49. The number of hydrogen-bond donors (Lipinski definition) is 0. The first-order valence-corrected chi connectivity index (χ1v) is 6.37. The maximum absolute atomic E-state index is 8.96. The van der Waals surface area contributed by atoms with Crippen molar-refractivity contribution >= 4 is 0 Å². The zero-order chi connectivity index (χ0) is 13.2. The van der Waals surface area contributed by atoms with Crippen LogP contribution in [0, 0.1) is 11.3 Å². The Hall–Kier alpha value is -1.31. The van der Waals surface area contributed by atoms with Gasteiger partial charge >= 0.3 is 0 Å². The van der Waals surface area contributed by atoms with E-state index in [4.69, 9.17) is 9.68 Å². The lowest BCUT2D eigenvalue weighted by atomic mass is 9.95. The van der Waals surface area contributed by atoms with Crippen molar-refractivity contribution < 1.29 is 4.42 Å². The van der Waals surface area contributed by atoms with Gasteiger partial charge in [-0.3, -0.25) is 9.80 Å². The molecule has 0 amide bonds. The van der Waals surface area contributed by atoms with Crippen molar-refractivity contribution in [2.75, 3.05) is 20.1 Å². The molecular weight excluding hydrogens is 226 g/mol. The maximum Gasteiger partial charge on any atom is 0.117 e. The third kappa shape index (κ3) is 2.74. The van der Waals surface area contributed by atoms with Gasteiger partial charge in [0.25, 0.3) is 0 Å². The van der Waals surface area contributed by atoms with Crippen LogP contribution in [0.1, 0.15) is 26.0 Å². The van der Waals surface area contributed by atoms with E-state index >= 15 is 0 Å². The zero-order valence-electron chi connectivity index (χ0n) is 11.4. The Balaban J connectivity index is 2.11. The van der Waals surface area contributed by atoms with E-state index < -0.39 is 0 Å². The Kier molecular flexibility index (Phi) is 3.74. The molecule has 1 aliphatic heterocycles. The van der Waals surface area contributed by atoms with E-state index in [0.29, 0.717) is 6.42 Å². The fraction of sp³-hybridized carbons (Fsp3) is 0.643. The predicted octanol–water partition coefficient (Wildman–Crippen LogP) is 2.09. The van der Waals surface area contributed by atoms with Crippen LogP contribution < -0.4 is 0 Å². The van der Waals surface area contributed by atoms with Crippen LogP contribution in [0.4, 0.5) is 0 Å². The van der Waals surface area contributed by atoms with Gasteiger partial charge in [-0.15, -0.1) is 0 Å². The van der Waals surface area contributed by atoms with Gasteiger partial charge in [0.05, 0.1) is 25.3 Å². The maximum atomic E-state index is 8.96. The lowest BCUT2D eigenvalue weighted by Crippen LogP contribution is -2.61. The molecule has 0 saturated carbocycles. The average molecular weight is 247 g/mol. The Labute approximate surface area is 109 Å². The largest absolute Gasteiger partial charge is 0.468 e. The van der Waals surface area contributed by atoms with Crippen LogP contribution in [-0.2, 0) is 6.54 Å². The second kappa shape index (κ2) is 5.13. The summed E-state index contributed by atoms with van der Waals surface area (Å²) in [5.41, 5.74) is 0.137. The first-order chi connectivity index (χ1) is 8.53. The number of piperazine rings is 1. The number of nitriles is 1. The van der Waals surface area contributed by atoms with Crippen LogP contribution in [0.5, 0.6) is 0 Å². The summed E-state index contributed by atoms with van der Waals surface area (Å²) in [6.07, 6.45) is 2.27. The van der Waals surface area contributed by atoms with E-state index in [1.54, 1.807) is 6.26 Å². The lowest BCUT2D eigenvalue weighted by molar-refractivity contribution is -0.00716. The second-order valence-electron chi connectivity index (χ2n) is 5.69. The third-order valence-electron chi connectivity index (χ3n) is 3.89. The van der Waals surface area contributed by atoms with Gasteiger partial charge in [0.1, 0.15) is 5.76 Å². The second-order valence-corrected chi connectivity index (χ2v) is 5.69. The average Bonchev–Trinajstić information content (AvgIpc) is 2.78. The van der Waals surface area contributed by atoms with Crippen molar-refractivity contribution in [1.29, 1.82) is 5.26 Å². The first kappa shape index (κ1) is 13.1. The summed E-state index contributed by atoms with van der Waals surface area (Å²) < 4.78 is 5.42. The molecular formula is C14H21N3O. The van der Waals surface area contributed by atoms with E-state index in [-0.39, 0.29) is 11.6 Å². The van der Waals surface area contributed by atoms with Crippen molar-refractivity contribution in [2.24, 2.45) is 0 Å². The van der Waals surface area contributed by atoms with Crippen molar-refractivity contribution in [2.45, 2.75) is 38.4 Å². The minimum Gasteiger partial charge on any atom is -0.468 e. The molecule has 1 aromatic rings. The normalized spacial score (nSPS) is 24.9. The summed E-state index contributed by atoms with van der Waals surface area (Å²) in [4.78, 5) is 4.70. The molecule has 0 spiro atoms. The first-order valence-electron chi connectivity index (χ1n) is 6.37. The van der Waals surface area contributed by atoms with E-state index in [1.807, 2.05) is 12.1 Å². The Morgan fingerprint density at radius 1 is 1.56 bits per heavy atom. The summed E-state index contributed by atoms with van der Waals surface area (Å²) >= 11 is 0. The quantitative estimate of drug-likeness (QED) is 0.820. The van der Waals surface area contributed by atoms with Crippen molar-refractivity contribution in [3.63, 3.8) is 0 Å². The zero-order valence-corrected chi connectivity index (χ0v) is 11.4. The summed E-state index contributed by atoms with van der Waals surface area (Å²) in [6, 6.07) is 6.49. The Bertz CT molecular complexity index is 419. The van der Waals surface area contributed by atoms with Crippen LogP contribution in [0.15, 0.2) is 22.8 Å². The molecule has 1 unspecified atom stereocenters. The van der Waals surface area contributed by atoms with Crippen LogP contribution >= 0.6 is 0 Å². The molecule has 0 radical (unpaired) electrons. The highest BCUT2D eigenvalue weighted by Crippen LogP contribution is 2.25. The predicted molar refractivity (Wildman–Crippen MR) is 69.8 cm³/mol. The molecule has 98 valence electrons. The number of likely N-dealkylation sites (N-methyl/N-ethyl adjacent to an activating group) is 1. The molecule has 1 aromatic heterocycles. The topological polar surface area (TPSA) is 43.4 Å². The number of furan rings is 1. The summed E-state index contributed by atoms with van der Waals surface area (Å²) in [5.74, 6) is 0.971. The monoisotopic (exact) mass is 247 g/mol. The number of hydrogen-bond acceptors (Lipinski definition) is 4. The van der Waals surface area contributed by atoms with Crippen molar-refractivity contribution in [1.82, 2.24) is 9.80 Å². The molecule has 4 heteroatoms. The van der Waals surface area contributed by atoms with Crippen molar-refractivity contribution in [3.05, 3.63) is 24.2 Å². The Morgan fingerprint density at radius 3 is 2.94 bits per heavy atom. The minimum absolute atomic E-state index is 0.137. The van der Waals surface area contributed by atoms with Gasteiger partial charge in [0.15, 0.2) is 0 Å². The summed E-state index contributed by atoms with van der Waals surface area (Å²) in [7, 11) is 2.13. The van der Waals surface area contributed by atoms with E-state index in [1.165, 1.54) is 0 Å². The van der Waals surface area contributed by atoms with E-state index in [9.17, 15) is 0 Å². The molecule has 0 bridgehead atoms. The molecule has 2 rings (SSSR count). The van der Waals surface area contributed by atoms with Gasteiger partial charge in [-0.1, -0.05) is 0 Å². The van der Waals surface area contributed by atoms with Crippen LogP contribution in [0.3, 0.4) is 0 Å². The molecule has 1 atom stereocenters. The van der Waals surface area contributed by atoms with E-state index in [2.05, 4.69) is 36.8 Å². The molecule has 1 aliphatic rings. The number of nitrogens with zero attached hydrogens (tertiary/aromatic N) is 3. The summed E-state index contributed by atoms with van der Waals surface area (Å²) in [5, 5.41) is 8.96. The Morgan fingerprint density at radius 2 is 2.33 bits per heavy atom. The summed E-state index contributed by atoms with van der Waals surface area (Å²) in [6.45, 7) is 7.16.